The van der Waals surface area contributed by atoms with Gasteiger partial charge in [-0.25, -0.2) is 4.39 Å². The first-order valence-electron chi connectivity index (χ1n) is 9.32. The lowest BCUT2D eigenvalue weighted by atomic mass is 9.94. The number of hydrogen-bond acceptors (Lipinski definition) is 4. The number of esters is 1. The summed E-state index contributed by atoms with van der Waals surface area (Å²) in [5.74, 6) is -2.37. The van der Waals surface area contributed by atoms with Crippen LogP contribution in [0, 0.1) is 12.7 Å². The lowest BCUT2D eigenvalue weighted by molar-refractivity contribution is -0.144. The highest BCUT2D eigenvalue weighted by molar-refractivity contribution is 6.09. The summed E-state index contributed by atoms with van der Waals surface area (Å²) in [5.41, 5.74) is 8.22. The Bertz CT molecular complexity index is 1060. The molecule has 29 heavy (non-hydrogen) atoms. The van der Waals surface area contributed by atoms with Crippen molar-refractivity contribution in [2.45, 2.75) is 19.8 Å². The van der Waals surface area contributed by atoms with Crippen LogP contribution in [0.4, 0.5) is 10.1 Å². The van der Waals surface area contributed by atoms with E-state index < -0.39 is 17.7 Å². The number of benzene rings is 2. The van der Waals surface area contributed by atoms with E-state index in [0.717, 1.165) is 0 Å². The van der Waals surface area contributed by atoms with E-state index in [4.69, 9.17) is 10.5 Å². The van der Waals surface area contributed by atoms with Crippen LogP contribution in [0.25, 0.3) is 0 Å². The maximum atomic E-state index is 14.7. The zero-order valence-corrected chi connectivity index (χ0v) is 16.6. The largest absolute Gasteiger partial charge is 0.465 e. The van der Waals surface area contributed by atoms with Gasteiger partial charge in [0.15, 0.2) is 0 Å². The Hall–Kier alpha value is -3.41. The number of anilines is 1. The van der Waals surface area contributed by atoms with Crippen LogP contribution in [0.15, 0.2) is 54.6 Å². The fourth-order valence-electron chi connectivity index (χ4n) is 3.53. The zero-order chi connectivity index (χ0) is 21.1. The fourth-order valence-corrected chi connectivity index (χ4v) is 3.53. The van der Waals surface area contributed by atoms with Crippen molar-refractivity contribution in [3.63, 3.8) is 0 Å². The number of aromatic nitrogens is 1. The fraction of sp³-hybridized carbons (Fsp3) is 0.217. The summed E-state index contributed by atoms with van der Waals surface area (Å²) < 4.78 is 21.5. The number of nitrogen functional groups attached to an aromatic ring is 1. The summed E-state index contributed by atoms with van der Waals surface area (Å²) in [6.07, 6.45) is 0. The van der Waals surface area contributed by atoms with Gasteiger partial charge in [0, 0.05) is 29.6 Å². The van der Waals surface area contributed by atoms with Gasteiger partial charge in [-0.05, 0) is 37.6 Å². The van der Waals surface area contributed by atoms with Crippen molar-refractivity contribution >= 4 is 17.4 Å². The minimum absolute atomic E-state index is 0.150. The van der Waals surface area contributed by atoms with Gasteiger partial charge in [0.05, 0.1) is 12.3 Å². The highest BCUT2D eigenvalue weighted by atomic mass is 19.1. The van der Waals surface area contributed by atoms with Crippen LogP contribution in [0.1, 0.15) is 45.7 Å². The van der Waals surface area contributed by atoms with Crippen LogP contribution in [-0.4, -0.2) is 22.9 Å². The number of aryl methyl sites for hydroxylation is 1. The van der Waals surface area contributed by atoms with Crippen molar-refractivity contribution in [1.29, 1.82) is 0 Å². The van der Waals surface area contributed by atoms with Gasteiger partial charge in [-0.1, -0.05) is 36.4 Å². The molecule has 0 saturated heterocycles. The molecule has 3 aromatic rings. The van der Waals surface area contributed by atoms with E-state index in [-0.39, 0.29) is 23.6 Å². The molecule has 0 radical (unpaired) electrons. The highest BCUT2D eigenvalue weighted by Gasteiger charge is 2.32. The number of rotatable bonds is 6. The Morgan fingerprint density at radius 2 is 1.83 bits per heavy atom. The first kappa shape index (κ1) is 20.3. The number of ether oxygens (including phenoxy) is 1. The standard InChI is InChI=1S/C23H23FN2O3/c1-4-29-23(28)20(17-11-10-16(25)13-18(17)24)19-12-14(2)21(26(19)3)22(27)15-8-6-5-7-9-15/h5-13,20H,4,25H2,1-3H3. The van der Waals surface area contributed by atoms with Gasteiger partial charge in [0.1, 0.15) is 11.7 Å². The summed E-state index contributed by atoms with van der Waals surface area (Å²) in [5, 5.41) is 0. The molecule has 1 atom stereocenters. The molecule has 5 nitrogen and oxygen atoms in total. The van der Waals surface area contributed by atoms with E-state index in [1.165, 1.54) is 18.2 Å². The molecular weight excluding hydrogens is 371 g/mol. The van der Waals surface area contributed by atoms with Crippen molar-refractivity contribution < 1.29 is 18.7 Å². The minimum atomic E-state index is -1.02. The summed E-state index contributed by atoms with van der Waals surface area (Å²) in [7, 11) is 1.69. The van der Waals surface area contributed by atoms with Gasteiger partial charge in [-0.2, -0.15) is 0 Å². The average Bonchev–Trinajstić information content (AvgIpc) is 2.98. The van der Waals surface area contributed by atoms with E-state index in [0.29, 0.717) is 22.5 Å². The first-order chi connectivity index (χ1) is 13.8. The molecule has 0 bridgehead atoms. The Labute approximate surface area is 168 Å². The van der Waals surface area contributed by atoms with Crippen LogP contribution in [0.2, 0.25) is 0 Å². The molecule has 150 valence electrons. The van der Waals surface area contributed by atoms with Crippen LogP contribution in [-0.2, 0) is 16.6 Å². The molecule has 0 saturated carbocycles. The molecule has 0 aliphatic carbocycles. The smallest absolute Gasteiger partial charge is 0.319 e. The lowest BCUT2D eigenvalue weighted by Gasteiger charge is -2.19. The predicted molar refractivity (Wildman–Crippen MR) is 109 cm³/mol. The molecule has 2 N–H and O–H groups in total. The Morgan fingerprint density at radius 1 is 1.14 bits per heavy atom. The second-order valence-corrected chi connectivity index (χ2v) is 6.82. The molecule has 6 heteroatoms. The number of nitrogens with two attached hydrogens (primary N) is 1. The number of carbonyl (C=O) groups is 2. The Balaban J connectivity index is 2.14. The summed E-state index contributed by atoms with van der Waals surface area (Å²) in [6.45, 7) is 3.64. The van der Waals surface area contributed by atoms with Crippen LogP contribution >= 0.6 is 0 Å². The number of ketones is 1. The molecule has 1 unspecified atom stereocenters. The number of carbonyl (C=O) groups excluding carboxylic acids is 2. The predicted octanol–water partition coefficient (Wildman–Crippen LogP) is 3.98. The Kier molecular flexibility index (Phi) is 5.82. The third kappa shape index (κ3) is 3.92. The van der Waals surface area contributed by atoms with Crippen LogP contribution < -0.4 is 5.73 Å². The second kappa shape index (κ2) is 8.31. The maximum absolute atomic E-state index is 14.7. The molecular formula is C23H23FN2O3. The number of nitrogens with zero attached hydrogens (tertiary/aromatic N) is 1. The molecule has 1 heterocycles. The molecule has 0 aliphatic heterocycles. The second-order valence-electron chi connectivity index (χ2n) is 6.82. The van der Waals surface area contributed by atoms with Crippen LogP contribution in [0.3, 0.4) is 0 Å². The third-order valence-electron chi connectivity index (χ3n) is 4.87. The lowest BCUT2D eigenvalue weighted by Crippen LogP contribution is -2.22. The summed E-state index contributed by atoms with van der Waals surface area (Å²) in [4.78, 5) is 25.8. The molecule has 2 aromatic carbocycles. The third-order valence-corrected chi connectivity index (χ3v) is 4.87. The van der Waals surface area contributed by atoms with Gasteiger partial charge >= 0.3 is 5.97 Å². The topological polar surface area (TPSA) is 74.3 Å². The van der Waals surface area contributed by atoms with Gasteiger partial charge in [0.2, 0.25) is 5.78 Å². The molecule has 0 amide bonds. The number of hydrogen-bond donors (Lipinski definition) is 1. The number of halogens is 1. The van der Waals surface area contributed by atoms with Crippen molar-refractivity contribution in [3.05, 3.63) is 88.5 Å². The van der Waals surface area contributed by atoms with Crippen LogP contribution in [0.5, 0.6) is 0 Å². The monoisotopic (exact) mass is 394 g/mol. The highest BCUT2D eigenvalue weighted by Crippen LogP contribution is 2.32. The normalized spacial score (nSPS) is 11.9. The van der Waals surface area contributed by atoms with Crippen molar-refractivity contribution in [2.75, 3.05) is 12.3 Å². The van der Waals surface area contributed by atoms with Gasteiger partial charge in [0.25, 0.3) is 0 Å². The van der Waals surface area contributed by atoms with E-state index >= 15 is 0 Å². The van der Waals surface area contributed by atoms with Gasteiger partial charge in [-0.15, -0.1) is 0 Å². The van der Waals surface area contributed by atoms with Crippen molar-refractivity contribution in [2.24, 2.45) is 7.05 Å². The van der Waals surface area contributed by atoms with E-state index in [1.807, 2.05) is 6.07 Å². The van der Waals surface area contributed by atoms with Crippen molar-refractivity contribution in [3.8, 4) is 0 Å². The SMILES string of the molecule is CCOC(=O)C(c1ccc(N)cc1F)c1cc(C)c(C(=O)c2ccccc2)n1C. The van der Waals surface area contributed by atoms with Gasteiger partial charge < -0.3 is 15.0 Å². The van der Waals surface area contributed by atoms with E-state index in [2.05, 4.69) is 0 Å². The first-order valence-corrected chi connectivity index (χ1v) is 9.32. The Morgan fingerprint density at radius 3 is 2.45 bits per heavy atom. The zero-order valence-electron chi connectivity index (χ0n) is 16.6. The quantitative estimate of drug-likeness (QED) is 0.390. The molecule has 0 spiro atoms. The van der Waals surface area contributed by atoms with E-state index in [1.54, 1.807) is 55.8 Å². The minimum Gasteiger partial charge on any atom is -0.465 e. The van der Waals surface area contributed by atoms with Crippen molar-refractivity contribution in [1.82, 2.24) is 4.57 Å². The molecule has 0 fully saturated rings. The summed E-state index contributed by atoms with van der Waals surface area (Å²) in [6, 6.07) is 14.8. The van der Waals surface area contributed by atoms with Gasteiger partial charge in [-0.3, -0.25) is 9.59 Å². The maximum Gasteiger partial charge on any atom is 0.319 e. The molecule has 1 aromatic heterocycles. The summed E-state index contributed by atoms with van der Waals surface area (Å²) >= 11 is 0. The molecule has 0 aliphatic rings. The van der Waals surface area contributed by atoms with E-state index in [9.17, 15) is 14.0 Å². The average molecular weight is 394 g/mol. The molecule has 3 rings (SSSR count).